The average molecular weight is 359 g/mol. The van der Waals surface area contributed by atoms with Gasteiger partial charge in [0.25, 0.3) is 0 Å². The molecule has 4 heteroatoms. The fourth-order valence-corrected chi connectivity index (χ4v) is 3.51. The fraction of sp³-hybridized carbons (Fsp3) is 0.625. The van der Waals surface area contributed by atoms with Crippen LogP contribution < -0.4 is 5.32 Å². The zero-order chi connectivity index (χ0) is 14.8. The lowest BCUT2D eigenvalue weighted by molar-refractivity contribution is 0.324. The minimum Gasteiger partial charge on any atom is -0.313 e. The lowest BCUT2D eigenvalue weighted by Crippen LogP contribution is -2.25. The monoisotopic (exact) mass is 358 g/mol. The third-order valence-corrected chi connectivity index (χ3v) is 4.91. The lowest BCUT2D eigenvalue weighted by Gasteiger charge is -2.18. The molecule has 0 unspecified atom stereocenters. The summed E-state index contributed by atoms with van der Waals surface area (Å²) in [7, 11) is 0. The third-order valence-electron chi connectivity index (χ3n) is 3.32. The lowest BCUT2D eigenvalue weighted by atomic mass is 10.2. The van der Waals surface area contributed by atoms with Gasteiger partial charge in [-0.25, -0.2) is 0 Å². The van der Waals surface area contributed by atoms with Crippen LogP contribution in [0, 0.1) is 0 Å². The first-order valence-electron chi connectivity index (χ1n) is 7.55. The summed E-state index contributed by atoms with van der Waals surface area (Å²) in [5, 5.41) is 3.50. The maximum Gasteiger partial charge on any atom is 0.0217 e. The Hall–Kier alpha value is -0.0300. The van der Waals surface area contributed by atoms with Gasteiger partial charge in [-0.05, 0) is 49.8 Å². The highest BCUT2D eigenvalue weighted by Crippen LogP contribution is 2.26. The molecule has 0 heterocycles. The SMILES string of the molecule is CCCNCc1cc(Br)ccc1SCCN(CC)CC. The summed E-state index contributed by atoms with van der Waals surface area (Å²) < 4.78 is 1.17. The van der Waals surface area contributed by atoms with Gasteiger partial charge < -0.3 is 10.2 Å². The molecule has 1 N–H and O–H groups in total. The Morgan fingerprint density at radius 2 is 1.95 bits per heavy atom. The molecule has 0 atom stereocenters. The van der Waals surface area contributed by atoms with Crippen LogP contribution in [-0.4, -0.2) is 36.8 Å². The molecule has 114 valence electrons. The summed E-state index contributed by atoms with van der Waals surface area (Å²) in [4.78, 5) is 3.88. The summed E-state index contributed by atoms with van der Waals surface area (Å²) in [6.07, 6.45) is 1.18. The molecule has 0 aromatic heterocycles. The molecular weight excluding hydrogens is 332 g/mol. The maximum absolute atomic E-state index is 3.57. The van der Waals surface area contributed by atoms with Crippen molar-refractivity contribution in [2.24, 2.45) is 0 Å². The number of nitrogens with zero attached hydrogens (tertiary/aromatic N) is 1. The van der Waals surface area contributed by atoms with Gasteiger partial charge >= 0.3 is 0 Å². The van der Waals surface area contributed by atoms with E-state index in [1.807, 2.05) is 11.8 Å². The zero-order valence-corrected chi connectivity index (χ0v) is 15.3. The molecule has 0 fully saturated rings. The second-order valence-corrected chi connectivity index (χ2v) is 6.86. The predicted octanol–water partition coefficient (Wildman–Crippen LogP) is 4.38. The van der Waals surface area contributed by atoms with E-state index in [-0.39, 0.29) is 0 Å². The third kappa shape index (κ3) is 6.61. The Bertz CT molecular complexity index is 381. The van der Waals surface area contributed by atoms with E-state index in [2.05, 4.69) is 65.1 Å². The van der Waals surface area contributed by atoms with Crippen LogP contribution in [0.5, 0.6) is 0 Å². The molecule has 0 aliphatic carbocycles. The largest absolute Gasteiger partial charge is 0.313 e. The Kier molecular flexibility index (Phi) is 9.61. The van der Waals surface area contributed by atoms with E-state index < -0.39 is 0 Å². The van der Waals surface area contributed by atoms with E-state index in [0.717, 1.165) is 38.5 Å². The Labute approximate surface area is 136 Å². The van der Waals surface area contributed by atoms with Gasteiger partial charge in [0.05, 0.1) is 0 Å². The van der Waals surface area contributed by atoms with Gasteiger partial charge in [0.2, 0.25) is 0 Å². The molecule has 1 rings (SSSR count). The van der Waals surface area contributed by atoms with Gasteiger partial charge in [-0.2, -0.15) is 0 Å². The van der Waals surface area contributed by atoms with Crippen molar-refractivity contribution < 1.29 is 0 Å². The van der Waals surface area contributed by atoms with Crippen LogP contribution in [0.4, 0.5) is 0 Å². The van der Waals surface area contributed by atoms with Crippen LogP contribution in [0.1, 0.15) is 32.8 Å². The Morgan fingerprint density at radius 3 is 2.60 bits per heavy atom. The summed E-state index contributed by atoms with van der Waals surface area (Å²) in [6.45, 7) is 12.1. The molecule has 0 amide bonds. The van der Waals surface area contributed by atoms with Crippen molar-refractivity contribution in [3.05, 3.63) is 28.2 Å². The van der Waals surface area contributed by atoms with Crippen molar-refractivity contribution in [1.29, 1.82) is 0 Å². The van der Waals surface area contributed by atoms with E-state index in [0.29, 0.717) is 0 Å². The molecule has 2 nitrogen and oxygen atoms in total. The number of thioether (sulfide) groups is 1. The van der Waals surface area contributed by atoms with Crippen molar-refractivity contribution in [2.75, 3.05) is 31.9 Å². The molecular formula is C16H27BrN2S. The molecule has 0 radical (unpaired) electrons. The van der Waals surface area contributed by atoms with Crippen molar-refractivity contribution in [3.8, 4) is 0 Å². The summed E-state index contributed by atoms with van der Waals surface area (Å²) in [6, 6.07) is 6.62. The first kappa shape index (κ1) is 18.0. The second-order valence-electron chi connectivity index (χ2n) is 4.80. The van der Waals surface area contributed by atoms with Gasteiger partial charge in [-0.15, -0.1) is 11.8 Å². The minimum atomic E-state index is 0.959. The quantitative estimate of drug-likeness (QED) is 0.493. The van der Waals surface area contributed by atoms with Crippen LogP contribution >= 0.6 is 27.7 Å². The number of hydrogen-bond acceptors (Lipinski definition) is 3. The first-order chi connectivity index (χ1) is 9.71. The smallest absolute Gasteiger partial charge is 0.0217 e. The minimum absolute atomic E-state index is 0.959. The van der Waals surface area contributed by atoms with E-state index >= 15 is 0 Å². The molecule has 0 bridgehead atoms. The van der Waals surface area contributed by atoms with E-state index in [1.165, 1.54) is 21.4 Å². The molecule has 20 heavy (non-hydrogen) atoms. The Morgan fingerprint density at radius 1 is 1.20 bits per heavy atom. The van der Waals surface area contributed by atoms with Gasteiger partial charge in [0.15, 0.2) is 0 Å². The van der Waals surface area contributed by atoms with Crippen LogP contribution in [0.2, 0.25) is 0 Å². The molecule has 1 aromatic carbocycles. The Balaban J connectivity index is 2.54. The highest BCUT2D eigenvalue weighted by atomic mass is 79.9. The zero-order valence-electron chi connectivity index (χ0n) is 12.9. The topological polar surface area (TPSA) is 15.3 Å². The molecule has 0 saturated heterocycles. The van der Waals surface area contributed by atoms with Gasteiger partial charge in [-0.1, -0.05) is 36.7 Å². The number of benzene rings is 1. The molecule has 0 aliphatic heterocycles. The van der Waals surface area contributed by atoms with E-state index in [4.69, 9.17) is 0 Å². The van der Waals surface area contributed by atoms with Crippen molar-refractivity contribution in [1.82, 2.24) is 10.2 Å². The molecule has 0 aliphatic rings. The normalized spacial score (nSPS) is 11.2. The van der Waals surface area contributed by atoms with Crippen LogP contribution in [0.3, 0.4) is 0 Å². The molecule has 0 saturated carbocycles. The van der Waals surface area contributed by atoms with Gasteiger partial charge in [-0.3, -0.25) is 0 Å². The molecule has 0 spiro atoms. The highest BCUT2D eigenvalue weighted by molar-refractivity contribution is 9.10. The predicted molar refractivity (Wildman–Crippen MR) is 94.7 cm³/mol. The van der Waals surface area contributed by atoms with Crippen molar-refractivity contribution >= 4 is 27.7 Å². The standard InChI is InChI=1S/C16H27BrN2S/c1-4-9-18-13-14-12-15(17)7-8-16(14)20-11-10-19(5-2)6-3/h7-8,12,18H,4-6,9-11,13H2,1-3H3. The first-order valence-corrected chi connectivity index (χ1v) is 9.33. The summed E-state index contributed by atoms with van der Waals surface area (Å²) in [5.74, 6) is 1.16. The van der Waals surface area contributed by atoms with Crippen LogP contribution in [-0.2, 0) is 6.54 Å². The van der Waals surface area contributed by atoms with Gasteiger partial charge in [0, 0.05) is 28.2 Å². The van der Waals surface area contributed by atoms with Crippen LogP contribution in [0.15, 0.2) is 27.6 Å². The highest BCUT2D eigenvalue weighted by Gasteiger charge is 2.05. The molecule has 1 aromatic rings. The fourth-order valence-electron chi connectivity index (χ4n) is 2.05. The summed E-state index contributed by atoms with van der Waals surface area (Å²) >= 11 is 5.54. The average Bonchev–Trinajstić information content (AvgIpc) is 2.46. The van der Waals surface area contributed by atoms with Gasteiger partial charge in [0.1, 0.15) is 0 Å². The number of rotatable bonds is 10. The number of halogens is 1. The van der Waals surface area contributed by atoms with E-state index in [9.17, 15) is 0 Å². The maximum atomic E-state index is 3.57. The van der Waals surface area contributed by atoms with Crippen molar-refractivity contribution in [2.45, 2.75) is 38.6 Å². The number of nitrogens with one attached hydrogen (secondary N) is 1. The van der Waals surface area contributed by atoms with Crippen molar-refractivity contribution in [3.63, 3.8) is 0 Å². The van der Waals surface area contributed by atoms with E-state index in [1.54, 1.807) is 0 Å². The number of hydrogen-bond donors (Lipinski definition) is 1. The van der Waals surface area contributed by atoms with Crippen LogP contribution in [0.25, 0.3) is 0 Å². The summed E-state index contributed by atoms with van der Waals surface area (Å²) in [5.41, 5.74) is 1.40. The second kappa shape index (κ2) is 10.7.